The molecule has 0 N–H and O–H groups in total. The van der Waals surface area contributed by atoms with Crippen molar-refractivity contribution in [2.24, 2.45) is 0 Å². The Kier molecular flexibility index (Phi) is 9.95. The number of nitrogens with zero attached hydrogens (tertiary/aromatic N) is 6. The summed E-state index contributed by atoms with van der Waals surface area (Å²) >= 11 is 1.47. The first kappa shape index (κ1) is 29.2. The molecule has 0 saturated heterocycles. The molecule has 1 heterocycles. The van der Waals surface area contributed by atoms with Gasteiger partial charge < -0.3 is 4.90 Å². The molecule has 1 aromatic heterocycles. The van der Waals surface area contributed by atoms with Crippen LogP contribution >= 0.6 is 11.3 Å². The van der Waals surface area contributed by atoms with E-state index >= 15 is 0 Å². The van der Waals surface area contributed by atoms with Crippen molar-refractivity contribution in [1.29, 1.82) is 10.5 Å². The fraction of sp³-hybridized carbons (Fsp3) is 0.407. The smallest absolute Gasteiger partial charge is 0.260 e. The van der Waals surface area contributed by atoms with Crippen molar-refractivity contribution in [3.8, 4) is 12.1 Å². The number of carbonyl (C=O) groups excluding carboxylic acids is 1. The van der Waals surface area contributed by atoms with Crippen LogP contribution in [0.4, 0.5) is 5.13 Å². The molecule has 0 radical (unpaired) electrons. The molecule has 0 spiro atoms. The highest BCUT2D eigenvalue weighted by molar-refractivity contribution is 7.89. The van der Waals surface area contributed by atoms with E-state index in [2.05, 4.69) is 11.0 Å². The van der Waals surface area contributed by atoms with Gasteiger partial charge >= 0.3 is 0 Å². The summed E-state index contributed by atoms with van der Waals surface area (Å²) in [4.78, 5) is 22.2. The fourth-order valence-corrected chi connectivity index (χ4v) is 6.57. The largest absolute Gasteiger partial charge is 0.309 e. The van der Waals surface area contributed by atoms with Gasteiger partial charge in [0.05, 0.1) is 27.3 Å². The summed E-state index contributed by atoms with van der Waals surface area (Å²) < 4.78 is 28.5. The first-order valence-electron chi connectivity index (χ1n) is 12.3. The molecule has 0 fully saturated rings. The lowest BCUT2D eigenvalue weighted by atomic mass is 10.1. The number of nitriles is 2. The Morgan fingerprint density at radius 2 is 1.61 bits per heavy atom. The number of hydrogen-bond acceptors (Lipinski definition) is 8. The number of amides is 1. The third-order valence-corrected chi connectivity index (χ3v) is 9.10. The van der Waals surface area contributed by atoms with Crippen molar-refractivity contribution >= 4 is 42.6 Å². The average molecular weight is 553 g/mol. The fourth-order valence-electron chi connectivity index (χ4n) is 4.09. The Labute approximate surface area is 228 Å². The van der Waals surface area contributed by atoms with E-state index in [9.17, 15) is 13.2 Å². The predicted molar refractivity (Wildman–Crippen MR) is 150 cm³/mol. The normalized spacial score (nSPS) is 11.6. The molecule has 0 bridgehead atoms. The molecule has 200 valence electrons. The van der Waals surface area contributed by atoms with E-state index in [1.165, 1.54) is 35.6 Å². The van der Waals surface area contributed by atoms with Gasteiger partial charge in [-0.15, -0.1) is 0 Å². The lowest BCUT2D eigenvalue weighted by Gasteiger charge is -2.22. The quantitative estimate of drug-likeness (QED) is 0.328. The Balaban J connectivity index is 1.92. The molecule has 2 aromatic carbocycles. The van der Waals surface area contributed by atoms with E-state index in [0.717, 1.165) is 38.6 Å². The topological polar surface area (TPSA) is 121 Å². The van der Waals surface area contributed by atoms with Gasteiger partial charge in [0, 0.05) is 38.0 Å². The van der Waals surface area contributed by atoms with Gasteiger partial charge in [0.2, 0.25) is 10.0 Å². The molecule has 0 aliphatic heterocycles. The summed E-state index contributed by atoms with van der Waals surface area (Å²) in [6, 6.07) is 13.8. The second-order valence-electron chi connectivity index (χ2n) is 9.28. The van der Waals surface area contributed by atoms with Crippen molar-refractivity contribution < 1.29 is 13.2 Å². The van der Waals surface area contributed by atoms with Crippen LogP contribution in [0.25, 0.3) is 10.2 Å². The highest BCUT2D eigenvalue weighted by Gasteiger charge is 2.26. The van der Waals surface area contributed by atoms with Gasteiger partial charge in [-0.2, -0.15) is 14.8 Å². The summed E-state index contributed by atoms with van der Waals surface area (Å²) in [5.41, 5.74) is 3.41. The van der Waals surface area contributed by atoms with Gasteiger partial charge in [-0.1, -0.05) is 17.4 Å². The Hall–Kier alpha value is -3.35. The van der Waals surface area contributed by atoms with Crippen LogP contribution in [0.3, 0.4) is 0 Å². The minimum absolute atomic E-state index is 0.00263. The van der Waals surface area contributed by atoms with E-state index < -0.39 is 10.0 Å². The van der Waals surface area contributed by atoms with Crippen LogP contribution in [0.2, 0.25) is 0 Å². The molecule has 0 atom stereocenters. The van der Waals surface area contributed by atoms with E-state index in [4.69, 9.17) is 15.5 Å². The first-order chi connectivity index (χ1) is 18.1. The highest BCUT2D eigenvalue weighted by atomic mass is 32.2. The van der Waals surface area contributed by atoms with Gasteiger partial charge in [-0.05, 0) is 82.4 Å². The van der Waals surface area contributed by atoms with Gasteiger partial charge in [0.1, 0.15) is 0 Å². The van der Waals surface area contributed by atoms with Crippen molar-refractivity contribution in [2.75, 3.05) is 45.2 Å². The third-order valence-electron chi connectivity index (χ3n) is 5.96. The van der Waals surface area contributed by atoms with E-state index in [-0.39, 0.29) is 36.7 Å². The van der Waals surface area contributed by atoms with Crippen LogP contribution < -0.4 is 4.90 Å². The molecule has 38 heavy (non-hydrogen) atoms. The van der Waals surface area contributed by atoms with Crippen molar-refractivity contribution in [3.05, 3.63) is 53.1 Å². The molecule has 3 rings (SSSR count). The number of sulfonamides is 1. The monoisotopic (exact) mass is 552 g/mol. The number of benzene rings is 2. The van der Waals surface area contributed by atoms with Crippen LogP contribution in [0.1, 0.15) is 40.7 Å². The summed E-state index contributed by atoms with van der Waals surface area (Å²) in [5.74, 6) is -0.257. The Bertz CT molecular complexity index is 1450. The lowest BCUT2D eigenvalue weighted by molar-refractivity contribution is 0.0986. The number of anilines is 1. The van der Waals surface area contributed by atoms with Crippen LogP contribution in [0.15, 0.2) is 41.3 Å². The Morgan fingerprint density at radius 3 is 2.18 bits per heavy atom. The molecule has 3 aromatic rings. The van der Waals surface area contributed by atoms with Gasteiger partial charge in [0.25, 0.3) is 5.91 Å². The second kappa shape index (κ2) is 12.9. The molecule has 1 amide bonds. The number of hydrogen-bond donors (Lipinski definition) is 0. The minimum Gasteiger partial charge on any atom is -0.309 e. The molecular weight excluding hydrogens is 520 g/mol. The van der Waals surface area contributed by atoms with Crippen LogP contribution in [-0.4, -0.2) is 68.8 Å². The zero-order valence-electron chi connectivity index (χ0n) is 22.1. The van der Waals surface area contributed by atoms with E-state index in [1.807, 2.05) is 46.1 Å². The van der Waals surface area contributed by atoms with Crippen molar-refractivity contribution in [2.45, 2.75) is 38.0 Å². The second-order valence-corrected chi connectivity index (χ2v) is 12.2. The van der Waals surface area contributed by atoms with Crippen molar-refractivity contribution in [3.63, 3.8) is 0 Å². The number of rotatable bonds is 12. The number of carbonyl (C=O) groups is 1. The van der Waals surface area contributed by atoms with Crippen LogP contribution in [-0.2, 0) is 10.0 Å². The number of aromatic nitrogens is 1. The first-order valence-corrected chi connectivity index (χ1v) is 14.5. The molecular formula is C27H32N6O3S2. The summed E-state index contributed by atoms with van der Waals surface area (Å²) in [5, 5.41) is 18.4. The Morgan fingerprint density at radius 1 is 0.974 bits per heavy atom. The molecule has 9 nitrogen and oxygen atoms in total. The van der Waals surface area contributed by atoms with E-state index in [1.54, 1.807) is 4.90 Å². The van der Waals surface area contributed by atoms with Crippen molar-refractivity contribution in [1.82, 2.24) is 14.2 Å². The number of aryl methyl sites for hydroxylation is 2. The van der Waals surface area contributed by atoms with Gasteiger partial charge in [-0.25, -0.2) is 13.4 Å². The molecule has 0 aliphatic carbocycles. The number of fused-ring (bicyclic) bond motifs is 1. The van der Waals surface area contributed by atoms with Crippen LogP contribution in [0, 0.1) is 36.5 Å². The van der Waals surface area contributed by atoms with Crippen LogP contribution in [0.5, 0.6) is 0 Å². The van der Waals surface area contributed by atoms with E-state index in [0.29, 0.717) is 17.2 Å². The zero-order chi connectivity index (χ0) is 27.9. The summed E-state index contributed by atoms with van der Waals surface area (Å²) in [6.45, 7) is 5.30. The molecule has 0 aliphatic rings. The maximum atomic E-state index is 13.7. The zero-order valence-corrected chi connectivity index (χ0v) is 23.8. The number of thiazole rings is 1. The SMILES string of the molecule is Cc1cc(C)c2sc(N(CCCN(C)C)C(=O)c3ccc(S(=O)(=O)N(CCC#N)CCC#N)cc3)nc2c1. The predicted octanol–water partition coefficient (Wildman–Crippen LogP) is 4.33. The maximum Gasteiger partial charge on any atom is 0.260 e. The van der Waals surface area contributed by atoms with Gasteiger partial charge in [-0.3, -0.25) is 9.69 Å². The average Bonchev–Trinajstić information content (AvgIpc) is 3.30. The third kappa shape index (κ3) is 6.94. The molecule has 0 unspecified atom stereocenters. The lowest BCUT2D eigenvalue weighted by Crippen LogP contribution is -2.34. The highest BCUT2D eigenvalue weighted by Crippen LogP contribution is 2.33. The standard InChI is InChI=1S/C27H32N6O3S2/c1-20-18-21(2)25-24(19-20)30-27(37-25)33(17-7-14-31(3)4)26(34)22-8-10-23(11-9-22)38(35,36)32(15-5-12-28)16-6-13-29/h8-11,18-19H,5-7,14-17H2,1-4H3. The van der Waals surface area contributed by atoms with Gasteiger partial charge in [0.15, 0.2) is 5.13 Å². The summed E-state index contributed by atoms with van der Waals surface area (Å²) in [6.07, 6.45) is 0.778. The molecule has 11 heteroatoms. The molecule has 0 saturated carbocycles. The minimum atomic E-state index is -3.92. The maximum absolute atomic E-state index is 13.7. The summed E-state index contributed by atoms with van der Waals surface area (Å²) in [7, 11) is 0.0358.